The average molecular weight is 430 g/mol. The van der Waals surface area contributed by atoms with Crippen LogP contribution in [0.4, 0.5) is 22.7 Å². The van der Waals surface area contributed by atoms with Crippen molar-refractivity contribution in [2.24, 2.45) is 10.2 Å². The van der Waals surface area contributed by atoms with Gasteiger partial charge >= 0.3 is 0 Å². The lowest BCUT2D eigenvalue weighted by molar-refractivity contribution is -0.117. The van der Waals surface area contributed by atoms with E-state index in [2.05, 4.69) is 37.5 Å². The van der Waals surface area contributed by atoms with Gasteiger partial charge in [0.2, 0.25) is 5.91 Å². The number of benzene rings is 3. The number of azo groups is 1. The van der Waals surface area contributed by atoms with Crippen LogP contribution in [0.2, 0.25) is 0 Å². The van der Waals surface area contributed by atoms with E-state index in [1.807, 2.05) is 66.7 Å². The summed E-state index contributed by atoms with van der Waals surface area (Å²) >= 11 is 0. The van der Waals surface area contributed by atoms with E-state index in [1.165, 1.54) is 5.69 Å². The monoisotopic (exact) mass is 429 g/mol. The van der Waals surface area contributed by atoms with Gasteiger partial charge in [0.05, 0.1) is 25.0 Å². The Morgan fingerprint density at radius 2 is 1.47 bits per heavy atom. The lowest BCUT2D eigenvalue weighted by Gasteiger charge is -2.35. The Balaban J connectivity index is 1.23. The van der Waals surface area contributed by atoms with Gasteiger partial charge in [-0.3, -0.25) is 9.69 Å². The fourth-order valence-electron chi connectivity index (χ4n) is 3.58. The van der Waals surface area contributed by atoms with E-state index in [0.29, 0.717) is 6.54 Å². The van der Waals surface area contributed by atoms with Crippen molar-refractivity contribution < 1.29 is 9.53 Å². The van der Waals surface area contributed by atoms with Crippen LogP contribution < -0.4 is 15.0 Å². The summed E-state index contributed by atoms with van der Waals surface area (Å²) in [7, 11) is 1.67. The van der Waals surface area contributed by atoms with Crippen molar-refractivity contribution in [3.05, 3.63) is 78.9 Å². The minimum atomic E-state index is -0.0124. The highest BCUT2D eigenvalue weighted by Crippen LogP contribution is 2.21. The predicted molar refractivity (Wildman–Crippen MR) is 127 cm³/mol. The number of carbonyl (C=O) groups is 1. The Labute approximate surface area is 188 Å². The lowest BCUT2D eigenvalue weighted by atomic mass is 10.2. The Morgan fingerprint density at radius 1 is 0.844 bits per heavy atom. The molecular formula is C25H27N5O2. The number of hydrogen-bond donors (Lipinski definition) is 1. The largest absolute Gasteiger partial charge is 0.497 e. The topological polar surface area (TPSA) is 69.5 Å². The minimum absolute atomic E-state index is 0.0124. The van der Waals surface area contributed by atoms with Crippen LogP contribution in [0.15, 0.2) is 89.1 Å². The summed E-state index contributed by atoms with van der Waals surface area (Å²) in [6.45, 7) is 3.85. The molecule has 0 spiro atoms. The number of nitrogens with zero attached hydrogens (tertiary/aromatic N) is 4. The highest BCUT2D eigenvalue weighted by molar-refractivity contribution is 5.92. The van der Waals surface area contributed by atoms with Crippen LogP contribution in [0.1, 0.15) is 0 Å². The van der Waals surface area contributed by atoms with Crippen LogP contribution in [0, 0.1) is 0 Å². The highest BCUT2D eigenvalue weighted by Gasteiger charge is 2.19. The van der Waals surface area contributed by atoms with Gasteiger partial charge in [-0.15, -0.1) is 0 Å². The molecule has 3 aromatic carbocycles. The molecule has 0 atom stereocenters. The maximum absolute atomic E-state index is 12.5. The van der Waals surface area contributed by atoms with Crippen LogP contribution in [0.3, 0.4) is 0 Å². The van der Waals surface area contributed by atoms with Gasteiger partial charge in [0, 0.05) is 37.6 Å². The van der Waals surface area contributed by atoms with E-state index in [0.717, 1.165) is 49.0 Å². The van der Waals surface area contributed by atoms with E-state index in [-0.39, 0.29) is 5.91 Å². The zero-order valence-electron chi connectivity index (χ0n) is 18.1. The van der Waals surface area contributed by atoms with Crippen molar-refractivity contribution in [3.8, 4) is 5.75 Å². The lowest BCUT2D eigenvalue weighted by Crippen LogP contribution is -2.48. The minimum Gasteiger partial charge on any atom is -0.497 e. The molecule has 0 aliphatic carbocycles. The summed E-state index contributed by atoms with van der Waals surface area (Å²) in [5, 5.41) is 11.4. The van der Waals surface area contributed by atoms with Gasteiger partial charge in [0.1, 0.15) is 5.75 Å². The first-order valence-electron chi connectivity index (χ1n) is 10.7. The van der Waals surface area contributed by atoms with Crippen LogP contribution in [0.25, 0.3) is 0 Å². The fraction of sp³-hybridized carbons (Fsp3) is 0.240. The number of ether oxygens (including phenoxy) is 1. The van der Waals surface area contributed by atoms with Crippen LogP contribution in [0.5, 0.6) is 5.75 Å². The molecule has 1 fully saturated rings. The maximum Gasteiger partial charge on any atom is 0.238 e. The first-order valence-corrected chi connectivity index (χ1v) is 10.7. The van der Waals surface area contributed by atoms with Crippen molar-refractivity contribution in [1.82, 2.24) is 4.90 Å². The zero-order valence-corrected chi connectivity index (χ0v) is 18.1. The number of hydrogen-bond acceptors (Lipinski definition) is 6. The summed E-state index contributed by atoms with van der Waals surface area (Å²) in [6, 6.07) is 25.1. The highest BCUT2D eigenvalue weighted by atomic mass is 16.5. The Kier molecular flexibility index (Phi) is 7.09. The standard InChI is InChI=1S/C25H27N5O2/c1-32-24-13-11-23(12-14-24)30-17-15-29(16-18-30)19-25(31)26-20-7-9-22(10-8-20)28-27-21-5-3-2-4-6-21/h2-14H,15-19H2,1H3,(H,26,31). The second kappa shape index (κ2) is 10.5. The summed E-state index contributed by atoms with van der Waals surface area (Å²) in [6.07, 6.45) is 0. The first kappa shape index (κ1) is 21.5. The molecule has 1 aliphatic heterocycles. The second-order valence-corrected chi connectivity index (χ2v) is 7.59. The second-order valence-electron chi connectivity index (χ2n) is 7.59. The SMILES string of the molecule is COc1ccc(N2CCN(CC(=O)Nc3ccc(N=Nc4ccccc4)cc3)CC2)cc1. The maximum atomic E-state index is 12.5. The molecule has 4 rings (SSSR count). The molecule has 7 heteroatoms. The Hall–Kier alpha value is -3.71. The van der Waals surface area contributed by atoms with E-state index in [9.17, 15) is 4.79 Å². The van der Waals surface area contributed by atoms with Crippen molar-refractivity contribution in [2.45, 2.75) is 0 Å². The van der Waals surface area contributed by atoms with Crippen LogP contribution in [-0.4, -0.2) is 50.6 Å². The Morgan fingerprint density at radius 3 is 2.09 bits per heavy atom. The van der Waals surface area contributed by atoms with Crippen molar-refractivity contribution in [1.29, 1.82) is 0 Å². The number of carbonyl (C=O) groups excluding carboxylic acids is 1. The molecule has 1 amide bonds. The number of anilines is 2. The third-order valence-electron chi connectivity index (χ3n) is 5.37. The van der Waals surface area contributed by atoms with Gasteiger partial charge < -0.3 is 15.0 Å². The number of nitrogens with one attached hydrogen (secondary N) is 1. The van der Waals surface area contributed by atoms with E-state index in [1.54, 1.807) is 7.11 Å². The third kappa shape index (κ3) is 5.92. The molecule has 1 N–H and O–H groups in total. The molecule has 0 saturated carbocycles. The molecule has 164 valence electrons. The van der Waals surface area contributed by atoms with Gasteiger partial charge in [0.15, 0.2) is 0 Å². The van der Waals surface area contributed by atoms with Gasteiger partial charge in [-0.25, -0.2) is 0 Å². The molecule has 0 radical (unpaired) electrons. The summed E-state index contributed by atoms with van der Waals surface area (Å²) in [5.41, 5.74) is 3.48. The smallest absolute Gasteiger partial charge is 0.238 e. The summed E-state index contributed by atoms with van der Waals surface area (Å²) in [5.74, 6) is 0.845. The molecule has 32 heavy (non-hydrogen) atoms. The van der Waals surface area contributed by atoms with Crippen LogP contribution in [-0.2, 0) is 4.79 Å². The van der Waals surface area contributed by atoms with E-state index < -0.39 is 0 Å². The van der Waals surface area contributed by atoms with Gasteiger partial charge in [-0.1, -0.05) is 18.2 Å². The molecule has 1 heterocycles. The quantitative estimate of drug-likeness (QED) is 0.544. The molecular weight excluding hydrogens is 402 g/mol. The van der Waals surface area contributed by atoms with Crippen LogP contribution >= 0.6 is 0 Å². The van der Waals surface area contributed by atoms with Crippen molar-refractivity contribution >= 4 is 28.7 Å². The third-order valence-corrected chi connectivity index (χ3v) is 5.37. The molecule has 0 aromatic heterocycles. The van der Waals surface area contributed by atoms with Gasteiger partial charge in [-0.2, -0.15) is 10.2 Å². The summed E-state index contributed by atoms with van der Waals surface area (Å²) in [4.78, 5) is 17.0. The predicted octanol–water partition coefficient (Wildman–Crippen LogP) is 4.87. The molecule has 1 aliphatic rings. The van der Waals surface area contributed by atoms with Gasteiger partial charge in [-0.05, 0) is 60.7 Å². The van der Waals surface area contributed by atoms with Crippen molar-refractivity contribution in [3.63, 3.8) is 0 Å². The normalized spacial score (nSPS) is 14.5. The molecule has 0 bridgehead atoms. The number of amides is 1. The van der Waals surface area contributed by atoms with E-state index >= 15 is 0 Å². The average Bonchev–Trinajstić information content (AvgIpc) is 2.85. The zero-order chi connectivity index (χ0) is 22.2. The van der Waals surface area contributed by atoms with Gasteiger partial charge in [0.25, 0.3) is 0 Å². The molecule has 1 saturated heterocycles. The molecule has 7 nitrogen and oxygen atoms in total. The molecule has 3 aromatic rings. The first-order chi connectivity index (χ1) is 15.7. The fourth-order valence-corrected chi connectivity index (χ4v) is 3.58. The summed E-state index contributed by atoms with van der Waals surface area (Å²) < 4.78 is 5.22. The number of piperazine rings is 1. The van der Waals surface area contributed by atoms with Crippen molar-refractivity contribution in [2.75, 3.05) is 50.1 Å². The van der Waals surface area contributed by atoms with E-state index in [4.69, 9.17) is 4.74 Å². The molecule has 0 unspecified atom stereocenters. The number of methoxy groups -OCH3 is 1. The Bertz CT molecular complexity index is 1030. The number of rotatable bonds is 7.